The SMILES string of the molecule is CC[C@]1(c2ccccc2)NC(=O)N(NC(=O)CCC(=O)c2ccc(F)cc2)C1=O. The number of nitrogens with one attached hydrogen (secondary N) is 2. The lowest BCUT2D eigenvalue weighted by Gasteiger charge is -2.25. The number of carbonyl (C=O) groups is 4. The van der Waals surface area contributed by atoms with E-state index in [1.165, 1.54) is 12.1 Å². The third-order valence-corrected chi connectivity index (χ3v) is 4.87. The van der Waals surface area contributed by atoms with E-state index in [1.807, 2.05) is 0 Å². The molecule has 0 saturated carbocycles. The van der Waals surface area contributed by atoms with E-state index >= 15 is 0 Å². The summed E-state index contributed by atoms with van der Waals surface area (Å²) in [5.41, 5.74) is 1.92. The molecule has 1 atom stereocenters. The van der Waals surface area contributed by atoms with E-state index in [2.05, 4.69) is 10.7 Å². The number of ketones is 1. The van der Waals surface area contributed by atoms with Crippen molar-refractivity contribution < 1.29 is 23.6 Å². The summed E-state index contributed by atoms with van der Waals surface area (Å²) in [4.78, 5) is 49.6. The first-order valence-electron chi connectivity index (χ1n) is 9.18. The summed E-state index contributed by atoms with van der Waals surface area (Å²) in [5.74, 6) is -2.04. The summed E-state index contributed by atoms with van der Waals surface area (Å²) in [6, 6.07) is 13.0. The average Bonchev–Trinajstić information content (AvgIpc) is 2.98. The predicted octanol–water partition coefficient (Wildman–Crippen LogP) is 2.68. The topological polar surface area (TPSA) is 95.6 Å². The zero-order valence-electron chi connectivity index (χ0n) is 15.8. The maximum atomic E-state index is 12.9. The first-order chi connectivity index (χ1) is 13.9. The zero-order valence-corrected chi connectivity index (χ0v) is 15.8. The number of imide groups is 1. The molecule has 0 bridgehead atoms. The van der Waals surface area contributed by atoms with E-state index < -0.39 is 29.2 Å². The molecule has 1 fully saturated rings. The van der Waals surface area contributed by atoms with Crippen LogP contribution in [0.3, 0.4) is 0 Å². The standard InChI is InChI=1S/C21H20FN3O4/c1-2-21(15-6-4-3-5-7-15)19(28)25(20(29)23-21)24-18(27)13-12-17(26)14-8-10-16(22)11-9-14/h3-11H,2,12-13H2,1H3,(H,23,29)(H,24,27)/t21-/m1/s1. The summed E-state index contributed by atoms with van der Waals surface area (Å²) in [6.07, 6.45) is -0.0620. The molecule has 1 heterocycles. The van der Waals surface area contributed by atoms with Crippen molar-refractivity contribution in [2.45, 2.75) is 31.7 Å². The van der Waals surface area contributed by atoms with Crippen molar-refractivity contribution in [3.05, 3.63) is 71.5 Å². The molecule has 0 unspecified atom stereocenters. The monoisotopic (exact) mass is 397 g/mol. The molecule has 4 amide bonds. The van der Waals surface area contributed by atoms with Crippen molar-refractivity contribution in [1.82, 2.24) is 15.8 Å². The van der Waals surface area contributed by atoms with Crippen LogP contribution in [0.1, 0.15) is 42.1 Å². The fourth-order valence-electron chi connectivity index (χ4n) is 3.23. The second-order valence-electron chi connectivity index (χ2n) is 6.66. The summed E-state index contributed by atoms with van der Waals surface area (Å²) in [6.45, 7) is 1.76. The molecule has 150 valence electrons. The van der Waals surface area contributed by atoms with Crippen molar-refractivity contribution >= 4 is 23.6 Å². The number of hydrazine groups is 1. The third kappa shape index (κ3) is 4.01. The van der Waals surface area contributed by atoms with Gasteiger partial charge >= 0.3 is 6.03 Å². The van der Waals surface area contributed by atoms with Crippen molar-refractivity contribution in [1.29, 1.82) is 0 Å². The Hall–Kier alpha value is -3.55. The van der Waals surface area contributed by atoms with E-state index in [4.69, 9.17) is 0 Å². The normalized spacial score (nSPS) is 18.5. The van der Waals surface area contributed by atoms with E-state index in [1.54, 1.807) is 37.3 Å². The highest BCUT2D eigenvalue weighted by atomic mass is 19.1. The molecule has 2 N–H and O–H groups in total. The quantitative estimate of drug-likeness (QED) is 0.555. The van der Waals surface area contributed by atoms with E-state index in [9.17, 15) is 23.6 Å². The Morgan fingerprint density at radius 2 is 1.69 bits per heavy atom. The van der Waals surface area contributed by atoms with Gasteiger partial charge in [0.15, 0.2) is 5.78 Å². The van der Waals surface area contributed by atoms with Gasteiger partial charge in [0.05, 0.1) is 0 Å². The first kappa shape index (κ1) is 20.2. The molecule has 29 heavy (non-hydrogen) atoms. The number of hydrogen-bond acceptors (Lipinski definition) is 4. The Kier molecular flexibility index (Phi) is 5.72. The van der Waals surface area contributed by atoms with Crippen LogP contribution in [0, 0.1) is 5.82 Å². The van der Waals surface area contributed by atoms with Gasteiger partial charge in [-0.2, -0.15) is 5.01 Å². The van der Waals surface area contributed by atoms with Crippen LogP contribution in [0.15, 0.2) is 54.6 Å². The Bertz CT molecular complexity index is 946. The average molecular weight is 397 g/mol. The highest BCUT2D eigenvalue weighted by molar-refractivity contribution is 6.08. The Morgan fingerprint density at radius 1 is 1.03 bits per heavy atom. The number of amides is 4. The molecule has 7 nitrogen and oxygen atoms in total. The zero-order chi connectivity index (χ0) is 21.0. The van der Waals surface area contributed by atoms with Crippen LogP contribution in [0.25, 0.3) is 0 Å². The highest BCUT2D eigenvalue weighted by Gasteiger charge is 2.52. The van der Waals surface area contributed by atoms with E-state index in [0.717, 1.165) is 12.1 Å². The molecule has 0 radical (unpaired) electrons. The lowest BCUT2D eigenvalue weighted by molar-refractivity contribution is -0.139. The number of nitrogens with zero attached hydrogens (tertiary/aromatic N) is 1. The van der Waals surface area contributed by atoms with Crippen molar-refractivity contribution in [2.24, 2.45) is 0 Å². The second kappa shape index (κ2) is 8.22. The smallest absolute Gasteiger partial charge is 0.318 e. The number of rotatable bonds is 7. The van der Waals surface area contributed by atoms with Crippen molar-refractivity contribution in [3.8, 4) is 0 Å². The molecule has 8 heteroatoms. The highest BCUT2D eigenvalue weighted by Crippen LogP contribution is 2.31. The fourth-order valence-corrected chi connectivity index (χ4v) is 3.23. The molecular formula is C21H20FN3O4. The second-order valence-corrected chi connectivity index (χ2v) is 6.66. The molecular weight excluding hydrogens is 377 g/mol. The third-order valence-electron chi connectivity index (χ3n) is 4.87. The summed E-state index contributed by atoms with van der Waals surface area (Å²) in [7, 11) is 0. The fraction of sp³-hybridized carbons (Fsp3) is 0.238. The molecule has 1 saturated heterocycles. The van der Waals surface area contributed by atoms with Gasteiger partial charge in [0, 0.05) is 18.4 Å². The maximum Gasteiger partial charge on any atom is 0.344 e. The Balaban J connectivity index is 1.64. The van der Waals surface area contributed by atoms with Gasteiger partial charge in [-0.1, -0.05) is 37.3 Å². The van der Waals surface area contributed by atoms with Crippen LogP contribution in [0.2, 0.25) is 0 Å². The summed E-state index contributed by atoms with van der Waals surface area (Å²) < 4.78 is 12.9. The molecule has 1 aliphatic heterocycles. The van der Waals surface area contributed by atoms with Crippen LogP contribution >= 0.6 is 0 Å². The van der Waals surface area contributed by atoms with Crippen LogP contribution in [0.5, 0.6) is 0 Å². The predicted molar refractivity (Wildman–Crippen MR) is 102 cm³/mol. The molecule has 0 aliphatic carbocycles. The van der Waals surface area contributed by atoms with Crippen LogP contribution in [0.4, 0.5) is 9.18 Å². The number of hydrogen-bond donors (Lipinski definition) is 2. The van der Waals surface area contributed by atoms with E-state index in [0.29, 0.717) is 17.0 Å². The van der Waals surface area contributed by atoms with Gasteiger partial charge in [-0.15, -0.1) is 0 Å². The van der Waals surface area contributed by atoms with E-state index in [-0.39, 0.29) is 24.2 Å². The molecule has 0 aromatic heterocycles. The molecule has 3 rings (SSSR count). The Morgan fingerprint density at radius 3 is 2.31 bits per heavy atom. The number of halogens is 1. The summed E-state index contributed by atoms with van der Waals surface area (Å²) in [5, 5.41) is 3.31. The van der Waals surface area contributed by atoms with Crippen LogP contribution < -0.4 is 10.7 Å². The molecule has 1 aliphatic rings. The first-order valence-corrected chi connectivity index (χ1v) is 9.18. The minimum absolute atomic E-state index is 0.140. The van der Waals surface area contributed by atoms with Gasteiger partial charge in [0.1, 0.15) is 11.4 Å². The number of Topliss-reactive ketones (excluding diaryl/α,β-unsaturated/α-hetero) is 1. The van der Waals surface area contributed by atoms with Crippen molar-refractivity contribution in [2.75, 3.05) is 0 Å². The number of benzene rings is 2. The van der Waals surface area contributed by atoms with Gasteiger partial charge in [-0.3, -0.25) is 19.8 Å². The lowest BCUT2D eigenvalue weighted by Crippen LogP contribution is -2.48. The Labute approximate surface area is 166 Å². The van der Waals surface area contributed by atoms with Crippen LogP contribution in [-0.4, -0.2) is 28.6 Å². The van der Waals surface area contributed by atoms with Crippen LogP contribution in [-0.2, 0) is 15.1 Å². The van der Waals surface area contributed by atoms with Gasteiger partial charge < -0.3 is 5.32 Å². The van der Waals surface area contributed by atoms with Gasteiger partial charge in [0.2, 0.25) is 5.91 Å². The lowest BCUT2D eigenvalue weighted by atomic mass is 9.87. The number of urea groups is 1. The summed E-state index contributed by atoms with van der Waals surface area (Å²) >= 11 is 0. The minimum atomic E-state index is -1.25. The number of carbonyl (C=O) groups excluding carboxylic acids is 4. The van der Waals surface area contributed by atoms with Gasteiger partial charge in [-0.25, -0.2) is 9.18 Å². The molecule has 2 aromatic rings. The van der Waals surface area contributed by atoms with Gasteiger partial charge in [0.25, 0.3) is 5.91 Å². The minimum Gasteiger partial charge on any atom is -0.318 e. The largest absolute Gasteiger partial charge is 0.344 e. The molecule has 2 aromatic carbocycles. The molecule has 0 spiro atoms. The maximum absolute atomic E-state index is 12.9. The van der Waals surface area contributed by atoms with Crippen molar-refractivity contribution in [3.63, 3.8) is 0 Å². The van der Waals surface area contributed by atoms with Gasteiger partial charge in [-0.05, 0) is 36.2 Å².